The summed E-state index contributed by atoms with van der Waals surface area (Å²) in [6.45, 7) is 4.86. The highest BCUT2D eigenvalue weighted by molar-refractivity contribution is 5.37. The largest absolute Gasteiger partial charge is 0.306 e. The van der Waals surface area contributed by atoms with E-state index in [4.69, 9.17) is 5.26 Å². The summed E-state index contributed by atoms with van der Waals surface area (Å²) >= 11 is 0. The van der Waals surface area contributed by atoms with Gasteiger partial charge in [0, 0.05) is 12.6 Å². The van der Waals surface area contributed by atoms with E-state index in [9.17, 15) is 4.39 Å². The molecule has 2 nitrogen and oxygen atoms in total. The third-order valence-electron chi connectivity index (χ3n) is 3.55. The molecule has 3 heteroatoms. The predicted octanol–water partition coefficient (Wildman–Crippen LogP) is 4.18. The molecule has 0 heterocycles. The molecule has 0 saturated heterocycles. The molecule has 0 radical (unpaired) electrons. The third-order valence-corrected chi connectivity index (χ3v) is 3.55. The topological polar surface area (TPSA) is 35.8 Å². The van der Waals surface area contributed by atoms with E-state index in [0.717, 1.165) is 11.1 Å². The molecule has 0 saturated carbocycles. The predicted molar refractivity (Wildman–Crippen MR) is 82.0 cm³/mol. The Morgan fingerprint density at radius 3 is 2.38 bits per heavy atom. The molecule has 2 rings (SSSR count). The summed E-state index contributed by atoms with van der Waals surface area (Å²) in [5, 5.41) is 12.6. The van der Waals surface area contributed by atoms with Crippen LogP contribution in [0.2, 0.25) is 0 Å². The maximum absolute atomic E-state index is 13.0. The van der Waals surface area contributed by atoms with E-state index in [1.807, 2.05) is 36.4 Å². The number of rotatable bonds is 5. The van der Waals surface area contributed by atoms with Gasteiger partial charge in [-0.2, -0.15) is 5.26 Å². The fourth-order valence-electron chi connectivity index (χ4n) is 2.41. The molecule has 21 heavy (non-hydrogen) atoms. The van der Waals surface area contributed by atoms with E-state index in [0.29, 0.717) is 18.0 Å². The second-order valence-corrected chi connectivity index (χ2v) is 5.42. The average molecular weight is 282 g/mol. The van der Waals surface area contributed by atoms with Gasteiger partial charge in [-0.3, -0.25) is 0 Å². The molecule has 0 aromatic heterocycles. The van der Waals surface area contributed by atoms with Crippen LogP contribution in [-0.4, -0.2) is 0 Å². The maximum Gasteiger partial charge on any atom is 0.123 e. The summed E-state index contributed by atoms with van der Waals surface area (Å²) < 4.78 is 13.0. The van der Waals surface area contributed by atoms with E-state index in [2.05, 4.69) is 25.2 Å². The molecule has 0 spiro atoms. The lowest BCUT2D eigenvalue weighted by atomic mass is 9.95. The third kappa shape index (κ3) is 3.90. The van der Waals surface area contributed by atoms with Crippen molar-refractivity contribution in [2.24, 2.45) is 5.92 Å². The zero-order valence-electron chi connectivity index (χ0n) is 12.3. The molecule has 0 bridgehead atoms. The van der Waals surface area contributed by atoms with Crippen LogP contribution >= 0.6 is 0 Å². The monoisotopic (exact) mass is 282 g/mol. The van der Waals surface area contributed by atoms with Crippen molar-refractivity contribution in [3.8, 4) is 6.07 Å². The minimum absolute atomic E-state index is 0.123. The van der Waals surface area contributed by atoms with Crippen LogP contribution in [0.3, 0.4) is 0 Å². The van der Waals surface area contributed by atoms with E-state index in [-0.39, 0.29) is 11.9 Å². The van der Waals surface area contributed by atoms with Crippen molar-refractivity contribution in [2.45, 2.75) is 26.4 Å². The van der Waals surface area contributed by atoms with Gasteiger partial charge in [0.15, 0.2) is 0 Å². The normalized spacial score (nSPS) is 12.1. The molecule has 2 aromatic rings. The molecule has 1 atom stereocenters. The van der Waals surface area contributed by atoms with E-state index >= 15 is 0 Å². The highest BCUT2D eigenvalue weighted by atomic mass is 19.1. The first-order valence-corrected chi connectivity index (χ1v) is 7.08. The van der Waals surface area contributed by atoms with Crippen LogP contribution in [0, 0.1) is 23.1 Å². The molecule has 108 valence electrons. The van der Waals surface area contributed by atoms with Crippen LogP contribution in [-0.2, 0) is 6.54 Å². The highest BCUT2D eigenvalue weighted by Gasteiger charge is 2.15. The molecule has 0 amide bonds. The Hall–Kier alpha value is -2.18. The van der Waals surface area contributed by atoms with E-state index < -0.39 is 0 Å². The van der Waals surface area contributed by atoms with Crippen molar-refractivity contribution in [1.29, 1.82) is 5.26 Å². The summed E-state index contributed by atoms with van der Waals surface area (Å²) in [7, 11) is 0. The summed E-state index contributed by atoms with van der Waals surface area (Å²) in [5.41, 5.74) is 2.72. The van der Waals surface area contributed by atoms with Crippen molar-refractivity contribution in [2.75, 3.05) is 0 Å². The number of hydrogen-bond acceptors (Lipinski definition) is 2. The lowest BCUT2D eigenvalue weighted by molar-refractivity contribution is 0.410. The minimum Gasteiger partial charge on any atom is -0.306 e. The van der Waals surface area contributed by atoms with Crippen molar-refractivity contribution >= 4 is 0 Å². The Morgan fingerprint density at radius 2 is 1.76 bits per heavy atom. The molecule has 1 N–H and O–H groups in total. The molecule has 0 aliphatic carbocycles. The van der Waals surface area contributed by atoms with Gasteiger partial charge in [0.2, 0.25) is 0 Å². The van der Waals surface area contributed by atoms with Gasteiger partial charge in [-0.05, 0) is 35.2 Å². The summed E-state index contributed by atoms with van der Waals surface area (Å²) in [6, 6.07) is 16.5. The molecule has 0 aliphatic rings. The number of nitriles is 1. The molecule has 2 aromatic carbocycles. The zero-order valence-corrected chi connectivity index (χ0v) is 12.3. The lowest BCUT2D eigenvalue weighted by Crippen LogP contribution is -2.25. The molecule has 0 fully saturated rings. The maximum atomic E-state index is 13.0. The second-order valence-electron chi connectivity index (χ2n) is 5.42. The smallest absolute Gasteiger partial charge is 0.123 e. The first-order chi connectivity index (χ1) is 10.1. The Bertz CT molecular complexity index is 626. The standard InChI is InChI=1S/C18H19FN2/c1-13(2)18(14-7-9-17(19)10-8-14)21-12-16-6-4-3-5-15(16)11-20/h3-10,13,18,21H,12H2,1-2H3. The van der Waals surface area contributed by atoms with Crippen LogP contribution in [0.4, 0.5) is 4.39 Å². The first kappa shape index (κ1) is 15.2. The fraction of sp³-hybridized carbons (Fsp3) is 0.278. The molecule has 1 unspecified atom stereocenters. The van der Waals surface area contributed by atoms with Crippen LogP contribution in [0.25, 0.3) is 0 Å². The number of halogens is 1. The Morgan fingerprint density at radius 1 is 1.10 bits per heavy atom. The van der Waals surface area contributed by atoms with Crippen LogP contribution in [0.5, 0.6) is 0 Å². The van der Waals surface area contributed by atoms with Crippen LogP contribution < -0.4 is 5.32 Å². The molecular formula is C18H19FN2. The number of nitrogens with zero attached hydrogens (tertiary/aromatic N) is 1. The first-order valence-electron chi connectivity index (χ1n) is 7.08. The molecular weight excluding hydrogens is 263 g/mol. The number of benzene rings is 2. The van der Waals surface area contributed by atoms with Gasteiger partial charge >= 0.3 is 0 Å². The van der Waals surface area contributed by atoms with E-state index in [1.165, 1.54) is 12.1 Å². The van der Waals surface area contributed by atoms with Gasteiger partial charge in [-0.25, -0.2) is 4.39 Å². The van der Waals surface area contributed by atoms with Gasteiger partial charge in [-0.1, -0.05) is 44.2 Å². The van der Waals surface area contributed by atoms with Gasteiger partial charge < -0.3 is 5.32 Å². The van der Waals surface area contributed by atoms with Crippen molar-refractivity contribution in [3.63, 3.8) is 0 Å². The Kier molecular flexibility index (Phi) is 5.08. The fourth-order valence-corrected chi connectivity index (χ4v) is 2.41. The quantitative estimate of drug-likeness (QED) is 0.892. The minimum atomic E-state index is -0.226. The Labute approximate surface area is 125 Å². The summed E-state index contributed by atoms with van der Waals surface area (Å²) in [4.78, 5) is 0. The SMILES string of the molecule is CC(C)C(NCc1ccccc1C#N)c1ccc(F)cc1. The van der Waals surface area contributed by atoms with Crippen molar-refractivity contribution in [1.82, 2.24) is 5.32 Å². The average Bonchev–Trinajstić information content (AvgIpc) is 2.49. The van der Waals surface area contributed by atoms with Gasteiger partial charge in [-0.15, -0.1) is 0 Å². The van der Waals surface area contributed by atoms with Gasteiger partial charge in [0.1, 0.15) is 5.82 Å². The number of nitrogens with one attached hydrogen (secondary N) is 1. The highest BCUT2D eigenvalue weighted by Crippen LogP contribution is 2.22. The summed E-state index contributed by atoms with van der Waals surface area (Å²) in [5.74, 6) is 0.140. The van der Waals surface area contributed by atoms with Crippen LogP contribution in [0.15, 0.2) is 48.5 Å². The van der Waals surface area contributed by atoms with Gasteiger partial charge in [0.05, 0.1) is 11.6 Å². The van der Waals surface area contributed by atoms with Gasteiger partial charge in [0.25, 0.3) is 0 Å². The zero-order chi connectivity index (χ0) is 15.2. The van der Waals surface area contributed by atoms with Crippen molar-refractivity contribution in [3.05, 3.63) is 71.0 Å². The second kappa shape index (κ2) is 7.01. The van der Waals surface area contributed by atoms with Crippen molar-refractivity contribution < 1.29 is 4.39 Å². The number of hydrogen-bond donors (Lipinski definition) is 1. The summed E-state index contributed by atoms with van der Waals surface area (Å²) in [6.07, 6.45) is 0. The van der Waals surface area contributed by atoms with Crippen LogP contribution in [0.1, 0.15) is 36.6 Å². The molecule has 0 aliphatic heterocycles. The van der Waals surface area contributed by atoms with E-state index in [1.54, 1.807) is 0 Å². The Balaban J connectivity index is 2.14. The lowest BCUT2D eigenvalue weighted by Gasteiger charge is -2.23.